The Bertz CT molecular complexity index is 898. The Morgan fingerprint density at radius 1 is 1.29 bits per heavy atom. The van der Waals surface area contributed by atoms with Crippen LogP contribution < -0.4 is 0 Å². The number of hydrogen-bond acceptors (Lipinski definition) is 4. The Morgan fingerprint density at radius 2 is 2.10 bits per heavy atom. The van der Waals surface area contributed by atoms with Crippen molar-refractivity contribution in [3.63, 3.8) is 0 Å². The van der Waals surface area contributed by atoms with Gasteiger partial charge in [0.25, 0.3) is 0 Å². The summed E-state index contributed by atoms with van der Waals surface area (Å²) < 4.78 is 21.3. The molecule has 2 amide bonds. The molecule has 0 radical (unpaired) electrons. The average Bonchev–Trinajstić information content (AvgIpc) is 3.06. The topological polar surface area (TPSA) is 67.7 Å². The van der Waals surface area contributed by atoms with E-state index in [1.165, 1.54) is 12.1 Å². The van der Waals surface area contributed by atoms with Crippen LogP contribution in [-0.4, -0.2) is 63.7 Å². The van der Waals surface area contributed by atoms with E-state index < -0.39 is 0 Å². The molecular weight excluding hydrogens is 399 g/mol. The molecule has 1 saturated heterocycles. The largest absolute Gasteiger partial charge is 0.370 e. The van der Waals surface area contributed by atoms with Gasteiger partial charge in [0.1, 0.15) is 5.82 Å². The first-order chi connectivity index (χ1) is 14.8. The van der Waals surface area contributed by atoms with E-state index in [0.717, 1.165) is 11.3 Å². The number of aryl methyl sites for hydroxylation is 2. The van der Waals surface area contributed by atoms with Gasteiger partial charge in [0.2, 0.25) is 11.8 Å². The van der Waals surface area contributed by atoms with Crippen LogP contribution in [0.2, 0.25) is 0 Å². The lowest BCUT2D eigenvalue weighted by Gasteiger charge is -2.26. The molecule has 1 aliphatic heterocycles. The number of carbonyl (C=O) groups excluding carboxylic acids is 2. The van der Waals surface area contributed by atoms with Gasteiger partial charge in [-0.2, -0.15) is 5.10 Å². The number of aromatic nitrogens is 2. The van der Waals surface area contributed by atoms with E-state index in [9.17, 15) is 14.0 Å². The first-order valence-corrected chi connectivity index (χ1v) is 10.7. The van der Waals surface area contributed by atoms with E-state index in [1.54, 1.807) is 26.6 Å². The fourth-order valence-electron chi connectivity index (χ4n) is 3.69. The summed E-state index contributed by atoms with van der Waals surface area (Å²) >= 11 is 0. The molecule has 8 heteroatoms. The highest BCUT2D eigenvalue weighted by atomic mass is 19.1. The van der Waals surface area contributed by atoms with Crippen molar-refractivity contribution in [1.29, 1.82) is 0 Å². The van der Waals surface area contributed by atoms with Gasteiger partial charge in [-0.05, 0) is 36.6 Å². The summed E-state index contributed by atoms with van der Waals surface area (Å²) in [5.74, 6) is -0.191. The predicted molar refractivity (Wildman–Crippen MR) is 115 cm³/mol. The SMILES string of the molecule is Cc1ccn(CCC(=O)N2CC(=O)N(CC(C)C)CC(OCc3cccc(F)c3)C2)n1. The fraction of sp³-hybridized carbons (Fsp3) is 0.522. The highest BCUT2D eigenvalue weighted by molar-refractivity contribution is 5.85. The zero-order valence-corrected chi connectivity index (χ0v) is 18.5. The molecular formula is C23H31FN4O3. The van der Waals surface area contributed by atoms with Crippen molar-refractivity contribution in [2.45, 2.75) is 46.4 Å². The van der Waals surface area contributed by atoms with Crippen LogP contribution in [-0.2, 0) is 27.5 Å². The Labute approximate surface area is 182 Å². The van der Waals surface area contributed by atoms with Gasteiger partial charge in [-0.1, -0.05) is 26.0 Å². The number of carbonyl (C=O) groups is 2. The van der Waals surface area contributed by atoms with Gasteiger partial charge in [0, 0.05) is 38.8 Å². The van der Waals surface area contributed by atoms with Crippen molar-refractivity contribution in [2.75, 3.05) is 26.2 Å². The molecule has 2 aromatic rings. The van der Waals surface area contributed by atoms with E-state index >= 15 is 0 Å². The van der Waals surface area contributed by atoms with Crippen LogP contribution in [0.25, 0.3) is 0 Å². The van der Waals surface area contributed by atoms with Gasteiger partial charge >= 0.3 is 0 Å². The van der Waals surface area contributed by atoms with Crippen molar-refractivity contribution < 1.29 is 18.7 Å². The Hall–Kier alpha value is -2.74. The summed E-state index contributed by atoms with van der Waals surface area (Å²) in [6.07, 6.45) is 1.75. The molecule has 7 nitrogen and oxygen atoms in total. The molecule has 1 unspecified atom stereocenters. The number of nitrogens with zero attached hydrogens (tertiary/aromatic N) is 4. The molecule has 0 aliphatic carbocycles. The number of hydrogen-bond donors (Lipinski definition) is 0. The van der Waals surface area contributed by atoms with Crippen molar-refractivity contribution in [3.8, 4) is 0 Å². The van der Waals surface area contributed by atoms with Crippen LogP contribution in [0.5, 0.6) is 0 Å². The van der Waals surface area contributed by atoms with E-state index in [0.29, 0.717) is 32.1 Å². The molecule has 1 fully saturated rings. The lowest BCUT2D eigenvalue weighted by Crippen LogP contribution is -2.40. The lowest BCUT2D eigenvalue weighted by molar-refractivity contribution is -0.139. The molecule has 1 aromatic carbocycles. The van der Waals surface area contributed by atoms with Gasteiger partial charge in [-0.25, -0.2) is 4.39 Å². The summed E-state index contributed by atoms with van der Waals surface area (Å²) in [4.78, 5) is 29.0. The zero-order chi connectivity index (χ0) is 22.4. The standard InChI is InChI=1S/C23H31FN4O3/c1-17(2)12-26-13-21(31-16-19-5-4-6-20(24)11-19)14-27(15-23(26)30)22(29)8-10-28-9-7-18(3)25-28/h4-7,9,11,17,21H,8,10,12-16H2,1-3H3. The van der Waals surface area contributed by atoms with Crippen molar-refractivity contribution in [2.24, 2.45) is 5.92 Å². The van der Waals surface area contributed by atoms with Crippen molar-refractivity contribution in [1.82, 2.24) is 19.6 Å². The third-order valence-corrected chi connectivity index (χ3v) is 5.17. The van der Waals surface area contributed by atoms with Crippen LogP contribution in [0.4, 0.5) is 4.39 Å². The van der Waals surface area contributed by atoms with Gasteiger partial charge in [-0.3, -0.25) is 14.3 Å². The minimum absolute atomic E-state index is 0.0452. The fourth-order valence-corrected chi connectivity index (χ4v) is 3.69. The molecule has 0 bridgehead atoms. The van der Waals surface area contributed by atoms with Crippen molar-refractivity contribution in [3.05, 3.63) is 53.6 Å². The quantitative estimate of drug-likeness (QED) is 0.646. The highest BCUT2D eigenvalue weighted by Crippen LogP contribution is 2.14. The second-order valence-electron chi connectivity index (χ2n) is 8.50. The molecule has 0 spiro atoms. The summed E-state index contributed by atoms with van der Waals surface area (Å²) in [5.41, 5.74) is 1.62. The third-order valence-electron chi connectivity index (χ3n) is 5.17. The smallest absolute Gasteiger partial charge is 0.242 e. The number of rotatable bonds is 8. The Balaban J connectivity index is 1.66. The minimum atomic E-state index is -0.343. The maximum atomic E-state index is 13.5. The molecule has 168 valence electrons. The number of benzene rings is 1. The molecule has 0 N–H and O–H groups in total. The van der Waals surface area contributed by atoms with Gasteiger partial charge in [0.15, 0.2) is 0 Å². The molecule has 1 aliphatic rings. The number of halogens is 1. The molecule has 3 rings (SSSR count). The first-order valence-electron chi connectivity index (χ1n) is 10.7. The zero-order valence-electron chi connectivity index (χ0n) is 18.5. The monoisotopic (exact) mass is 430 g/mol. The normalized spacial score (nSPS) is 17.3. The maximum absolute atomic E-state index is 13.5. The summed E-state index contributed by atoms with van der Waals surface area (Å²) in [5, 5.41) is 4.31. The van der Waals surface area contributed by atoms with E-state index in [-0.39, 0.29) is 43.3 Å². The van der Waals surface area contributed by atoms with E-state index in [2.05, 4.69) is 18.9 Å². The molecule has 31 heavy (non-hydrogen) atoms. The van der Waals surface area contributed by atoms with Crippen LogP contribution in [0.1, 0.15) is 31.5 Å². The molecule has 1 aromatic heterocycles. The van der Waals surface area contributed by atoms with Crippen LogP contribution in [0.15, 0.2) is 36.5 Å². The van der Waals surface area contributed by atoms with Gasteiger partial charge in [0.05, 0.1) is 24.9 Å². The second-order valence-corrected chi connectivity index (χ2v) is 8.50. The highest BCUT2D eigenvalue weighted by Gasteiger charge is 2.31. The minimum Gasteiger partial charge on any atom is -0.370 e. The molecule has 0 saturated carbocycles. The summed E-state index contributed by atoms with van der Waals surface area (Å²) in [6, 6.07) is 8.15. The van der Waals surface area contributed by atoms with Crippen molar-refractivity contribution >= 4 is 11.8 Å². The number of amides is 2. The second kappa shape index (κ2) is 10.5. The van der Waals surface area contributed by atoms with Crippen LogP contribution >= 0.6 is 0 Å². The Morgan fingerprint density at radius 3 is 2.77 bits per heavy atom. The van der Waals surface area contributed by atoms with Gasteiger partial charge in [-0.15, -0.1) is 0 Å². The number of ether oxygens (including phenoxy) is 1. The predicted octanol–water partition coefficient (Wildman–Crippen LogP) is 2.63. The summed E-state index contributed by atoms with van der Waals surface area (Å²) in [6.45, 7) is 8.07. The maximum Gasteiger partial charge on any atom is 0.242 e. The molecule has 1 atom stereocenters. The first kappa shape index (κ1) is 22.9. The van der Waals surface area contributed by atoms with Crippen LogP contribution in [0.3, 0.4) is 0 Å². The van der Waals surface area contributed by atoms with E-state index in [1.807, 2.05) is 19.2 Å². The lowest BCUT2D eigenvalue weighted by atomic mass is 10.2. The third kappa shape index (κ3) is 6.89. The molecule has 2 heterocycles. The van der Waals surface area contributed by atoms with Crippen LogP contribution in [0, 0.1) is 18.7 Å². The van der Waals surface area contributed by atoms with E-state index in [4.69, 9.17) is 4.74 Å². The average molecular weight is 431 g/mol. The Kier molecular flexibility index (Phi) is 7.79. The van der Waals surface area contributed by atoms with Gasteiger partial charge < -0.3 is 14.5 Å². The summed E-state index contributed by atoms with van der Waals surface area (Å²) in [7, 11) is 0.